The third-order valence-corrected chi connectivity index (χ3v) is 4.52. The van der Waals surface area contributed by atoms with Crippen molar-refractivity contribution in [1.29, 1.82) is 0 Å². The molecular weight excluding hydrogens is 272 g/mol. The lowest BCUT2D eigenvalue weighted by Crippen LogP contribution is -2.25. The fraction of sp³-hybridized carbons (Fsp3) is 0.647. The summed E-state index contributed by atoms with van der Waals surface area (Å²) in [6.07, 6.45) is 5.26. The Morgan fingerprint density at radius 3 is 2.67 bits per heavy atom. The monoisotopic (exact) mass is 297 g/mol. The van der Waals surface area contributed by atoms with Crippen molar-refractivity contribution in [2.24, 2.45) is 11.8 Å². The second kappa shape index (κ2) is 7.85. The van der Waals surface area contributed by atoms with Gasteiger partial charge in [-0.25, -0.2) is 8.78 Å². The van der Waals surface area contributed by atoms with Crippen LogP contribution in [0, 0.1) is 23.5 Å². The number of hydrogen-bond donors (Lipinski definition) is 2. The summed E-state index contributed by atoms with van der Waals surface area (Å²) >= 11 is 0. The van der Waals surface area contributed by atoms with Crippen molar-refractivity contribution in [2.75, 3.05) is 13.1 Å². The maximum absolute atomic E-state index is 13.5. The predicted octanol–water partition coefficient (Wildman–Crippen LogP) is 3.80. The van der Waals surface area contributed by atoms with Gasteiger partial charge in [0.2, 0.25) is 0 Å². The van der Waals surface area contributed by atoms with Gasteiger partial charge in [0.05, 0.1) is 6.10 Å². The van der Waals surface area contributed by atoms with Crippen molar-refractivity contribution in [1.82, 2.24) is 5.32 Å². The summed E-state index contributed by atoms with van der Waals surface area (Å²) in [6, 6.07) is 3.17. The molecule has 1 aliphatic rings. The van der Waals surface area contributed by atoms with Crippen molar-refractivity contribution >= 4 is 0 Å². The van der Waals surface area contributed by atoms with Crippen molar-refractivity contribution in [3.05, 3.63) is 35.4 Å². The van der Waals surface area contributed by atoms with Crippen molar-refractivity contribution in [2.45, 2.75) is 45.1 Å². The smallest absolute Gasteiger partial charge is 0.129 e. The lowest BCUT2D eigenvalue weighted by molar-refractivity contribution is 0.168. The Morgan fingerprint density at radius 1 is 1.24 bits per heavy atom. The molecule has 0 amide bonds. The second-order valence-electron chi connectivity index (χ2n) is 6.30. The van der Waals surface area contributed by atoms with Gasteiger partial charge < -0.3 is 10.4 Å². The fourth-order valence-electron chi connectivity index (χ4n) is 3.04. The van der Waals surface area contributed by atoms with Gasteiger partial charge >= 0.3 is 0 Å². The Kier molecular flexibility index (Phi) is 6.12. The van der Waals surface area contributed by atoms with E-state index < -0.39 is 17.7 Å². The number of benzene rings is 1. The van der Waals surface area contributed by atoms with Crippen LogP contribution in [-0.4, -0.2) is 18.2 Å². The number of nitrogens with one attached hydrogen (secondary N) is 1. The number of hydrogen-bond acceptors (Lipinski definition) is 2. The summed E-state index contributed by atoms with van der Waals surface area (Å²) in [7, 11) is 0. The van der Waals surface area contributed by atoms with E-state index >= 15 is 0 Å². The SMILES string of the molecule is CC1CCC(CCNCC(O)c2cc(F)ccc2F)CC1. The maximum atomic E-state index is 13.5. The molecule has 21 heavy (non-hydrogen) atoms. The minimum Gasteiger partial charge on any atom is -0.387 e. The molecule has 1 aromatic rings. The molecule has 0 heterocycles. The Balaban J connectivity index is 1.69. The zero-order valence-corrected chi connectivity index (χ0v) is 12.6. The van der Waals surface area contributed by atoms with E-state index in [4.69, 9.17) is 0 Å². The molecule has 1 aliphatic carbocycles. The van der Waals surface area contributed by atoms with Gasteiger partial charge in [0.1, 0.15) is 11.6 Å². The highest BCUT2D eigenvalue weighted by atomic mass is 19.1. The van der Waals surface area contributed by atoms with E-state index in [0.717, 1.165) is 43.0 Å². The Hall–Kier alpha value is -1.00. The normalized spacial score (nSPS) is 24.0. The van der Waals surface area contributed by atoms with Crippen LogP contribution in [0.25, 0.3) is 0 Å². The molecule has 0 radical (unpaired) electrons. The van der Waals surface area contributed by atoms with Crippen LogP contribution >= 0.6 is 0 Å². The van der Waals surface area contributed by atoms with Crippen LogP contribution in [0.4, 0.5) is 8.78 Å². The van der Waals surface area contributed by atoms with E-state index in [1.165, 1.54) is 25.7 Å². The molecule has 1 fully saturated rings. The van der Waals surface area contributed by atoms with E-state index in [1.807, 2.05) is 0 Å². The largest absolute Gasteiger partial charge is 0.387 e. The molecule has 1 saturated carbocycles. The third kappa shape index (κ3) is 5.04. The van der Waals surface area contributed by atoms with Gasteiger partial charge in [-0.15, -0.1) is 0 Å². The lowest BCUT2D eigenvalue weighted by atomic mass is 9.81. The third-order valence-electron chi connectivity index (χ3n) is 4.52. The van der Waals surface area contributed by atoms with Crippen molar-refractivity contribution < 1.29 is 13.9 Å². The van der Waals surface area contributed by atoms with E-state index in [2.05, 4.69) is 12.2 Å². The molecule has 0 aliphatic heterocycles. The summed E-state index contributed by atoms with van der Waals surface area (Å²) in [5, 5.41) is 13.1. The predicted molar refractivity (Wildman–Crippen MR) is 79.9 cm³/mol. The van der Waals surface area contributed by atoms with Crippen LogP contribution in [0.5, 0.6) is 0 Å². The highest BCUT2D eigenvalue weighted by Crippen LogP contribution is 2.30. The zero-order chi connectivity index (χ0) is 15.2. The van der Waals surface area contributed by atoms with Crippen LogP contribution in [0.3, 0.4) is 0 Å². The summed E-state index contributed by atoms with van der Waals surface area (Å²) in [6.45, 7) is 3.37. The van der Waals surface area contributed by atoms with E-state index in [0.29, 0.717) is 0 Å². The molecule has 4 heteroatoms. The second-order valence-corrected chi connectivity index (χ2v) is 6.30. The van der Waals surface area contributed by atoms with Gasteiger partial charge in [0, 0.05) is 12.1 Å². The molecule has 2 rings (SSSR count). The summed E-state index contributed by atoms with van der Waals surface area (Å²) < 4.78 is 26.6. The van der Waals surface area contributed by atoms with E-state index in [9.17, 15) is 13.9 Å². The number of aliphatic hydroxyl groups is 1. The van der Waals surface area contributed by atoms with E-state index in [-0.39, 0.29) is 12.1 Å². The van der Waals surface area contributed by atoms with Gasteiger partial charge in [-0.2, -0.15) is 0 Å². The first kappa shape index (κ1) is 16.4. The maximum Gasteiger partial charge on any atom is 0.129 e. The van der Waals surface area contributed by atoms with Gasteiger partial charge in [-0.05, 0) is 43.0 Å². The van der Waals surface area contributed by atoms with Gasteiger partial charge in [0.25, 0.3) is 0 Å². The van der Waals surface area contributed by atoms with Crippen LogP contribution in [0.1, 0.15) is 50.7 Å². The molecule has 1 unspecified atom stereocenters. The fourth-order valence-corrected chi connectivity index (χ4v) is 3.04. The number of aliphatic hydroxyl groups excluding tert-OH is 1. The Labute approximate surface area is 125 Å². The molecule has 1 atom stereocenters. The summed E-state index contributed by atoms with van der Waals surface area (Å²) in [5.41, 5.74) is 0.0222. The zero-order valence-electron chi connectivity index (χ0n) is 12.6. The molecule has 0 aromatic heterocycles. The minimum absolute atomic E-state index is 0.0222. The summed E-state index contributed by atoms with van der Waals surface area (Å²) in [5.74, 6) is 0.525. The molecule has 0 spiro atoms. The van der Waals surface area contributed by atoms with Crippen molar-refractivity contribution in [3.63, 3.8) is 0 Å². The van der Waals surface area contributed by atoms with Gasteiger partial charge in [-0.3, -0.25) is 0 Å². The first-order valence-electron chi connectivity index (χ1n) is 7.90. The number of rotatable bonds is 6. The minimum atomic E-state index is -1.01. The average Bonchev–Trinajstić information content (AvgIpc) is 2.47. The van der Waals surface area contributed by atoms with Gasteiger partial charge in [-0.1, -0.05) is 32.6 Å². The lowest BCUT2D eigenvalue weighted by Gasteiger charge is -2.26. The van der Waals surface area contributed by atoms with Crippen LogP contribution in [0.2, 0.25) is 0 Å². The van der Waals surface area contributed by atoms with Crippen molar-refractivity contribution in [3.8, 4) is 0 Å². The molecule has 1 aromatic carbocycles. The van der Waals surface area contributed by atoms with E-state index in [1.54, 1.807) is 0 Å². The Morgan fingerprint density at radius 2 is 1.95 bits per heavy atom. The molecule has 0 saturated heterocycles. The van der Waals surface area contributed by atoms with Gasteiger partial charge in [0.15, 0.2) is 0 Å². The first-order valence-corrected chi connectivity index (χ1v) is 7.90. The van der Waals surface area contributed by atoms with Crippen LogP contribution in [-0.2, 0) is 0 Å². The molecule has 2 nitrogen and oxygen atoms in total. The molecular formula is C17H25F2NO. The van der Waals surface area contributed by atoms with Crippen LogP contribution < -0.4 is 5.32 Å². The Bertz CT molecular complexity index is 444. The van der Waals surface area contributed by atoms with Crippen LogP contribution in [0.15, 0.2) is 18.2 Å². The highest BCUT2D eigenvalue weighted by molar-refractivity contribution is 5.21. The molecule has 0 bridgehead atoms. The summed E-state index contributed by atoms with van der Waals surface area (Å²) in [4.78, 5) is 0. The topological polar surface area (TPSA) is 32.3 Å². The average molecular weight is 297 g/mol. The number of halogens is 2. The molecule has 2 N–H and O–H groups in total. The standard InChI is InChI=1S/C17H25F2NO/c1-12-2-4-13(5-3-12)8-9-20-11-17(21)15-10-14(18)6-7-16(15)19/h6-7,10,12-13,17,20-21H,2-5,8-9,11H2,1H3. The highest BCUT2D eigenvalue weighted by Gasteiger charge is 2.18. The first-order chi connectivity index (χ1) is 10.1. The molecule has 118 valence electrons. The quantitative estimate of drug-likeness (QED) is 0.783.